The maximum Gasteiger partial charge on any atom is 0.242 e. The van der Waals surface area contributed by atoms with Crippen LogP contribution in [-0.2, 0) is 16.4 Å². The molecule has 0 aliphatic heterocycles. The fourth-order valence-corrected chi connectivity index (χ4v) is 3.22. The Morgan fingerprint density at radius 1 is 1.19 bits per heavy atom. The van der Waals surface area contributed by atoms with Crippen molar-refractivity contribution in [1.29, 1.82) is 0 Å². The third-order valence-corrected chi connectivity index (χ3v) is 4.98. The van der Waals surface area contributed by atoms with Crippen LogP contribution in [-0.4, -0.2) is 13.4 Å². The Kier molecular flexibility index (Phi) is 4.98. The van der Waals surface area contributed by atoms with Gasteiger partial charge in [-0.1, -0.05) is 42.8 Å². The second kappa shape index (κ2) is 6.56. The molecular weight excluding hydrogens is 308 g/mol. The highest BCUT2D eigenvalue weighted by atomic mass is 35.5. The highest BCUT2D eigenvalue weighted by Gasteiger charge is 2.18. The van der Waals surface area contributed by atoms with Crippen molar-refractivity contribution in [3.8, 4) is 0 Å². The minimum atomic E-state index is -3.61. The number of nitrogens with zero attached hydrogens (tertiary/aromatic N) is 1. The molecule has 0 aliphatic carbocycles. The highest BCUT2D eigenvalue weighted by molar-refractivity contribution is 7.89. The zero-order valence-electron chi connectivity index (χ0n) is 11.9. The summed E-state index contributed by atoms with van der Waals surface area (Å²) in [7, 11) is -3.61. The zero-order chi connectivity index (χ0) is 15.5. The summed E-state index contributed by atoms with van der Waals surface area (Å²) in [6.45, 7) is 3.89. The molecule has 0 aliphatic rings. The van der Waals surface area contributed by atoms with Gasteiger partial charge in [0, 0.05) is 12.2 Å². The number of hydrogen-bond acceptors (Lipinski definition) is 3. The summed E-state index contributed by atoms with van der Waals surface area (Å²) in [6, 6.07) is 10.4. The average molecular weight is 325 g/mol. The van der Waals surface area contributed by atoms with Crippen LogP contribution in [0.4, 0.5) is 0 Å². The van der Waals surface area contributed by atoms with Crippen molar-refractivity contribution in [3.63, 3.8) is 0 Å². The smallest absolute Gasteiger partial charge is 0.242 e. The third kappa shape index (κ3) is 4.03. The number of rotatable bonds is 5. The lowest BCUT2D eigenvalue weighted by Gasteiger charge is -2.15. The van der Waals surface area contributed by atoms with Gasteiger partial charge in [-0.2, -0.15) is 0 Å². The van der Waals surface area contributed by atoms with Crippen molar-refractivity contribution in [2.24, 2.45) is 0 Å². The number of benzene rings is 1. The number of aryl methyl sites for hydroxylation is 1. The molecule has 112 valence electrons. The molecule has 0 bridgehead atoms. The van der Waals surface area contributed by atoms with Crippen molar-refractivity contribution in [3.05, 3.63) is 58.9 Å². The standard InChI is InChI=1S/C15H17ClN2O2S/c1-3-12-4-6-13(7-5-12)11(2)18-21(19,20)14-8-9-15(16)17-10-14/h4-11,18H,3H2,1-2H3. The van der Waals surface area contributed by atoms with Gasteiger partial charge in [-0.15, -0.1) is 0 Å². The molecular formula is C15H17ClN2O2S. The second-order valence-corrected chi connectivity index (χ2v) is 6.86. The lowest BCUT2D eigenvalue weighted by atomic mass is 10.1. The van der Waals surface area contributed by atoms with Gasteiger partial charge in [0.1, 0.15) is 10.0 Å². The van der Waals surface area contributed by atoms with Crippen LogP contribution in [0.5, 0.6) is 0 Å². The summed E-state index contributed by atoms with van der Waals surface area (Å²) in [5.41, 5.74) is 2.13. The first-order chi connectivity index (χ1) is 9.92. The van der Waals surface area contributed by atoms with E-state index in [-0.39, 0.29) is 16.1 Å². The third-order valence-electron chi connectivity index (χ3n) is 3.23. The van der Waals surface area contributed by atoms with E-state index in [1.807, 2.05) is 31.2 Å². The van der Waals surface area contributed by atoms with Gasteiger partial charge in [0.05, 0.1) is 0 Å². The quantitative estimate of drug-likeness (QED) is 0.858. The first-order valence-electron chi connectivity index (χ1n) is 6.65. The maximum atomic E-state index is 12.3. The van der Waals surface area contributed by atoms with Gasteiger partial charge in [-0.05, 0) is 36.6 Å². The minimum Gasteiger partial charge on any atom is -0.243 e. The fraction of sp³-hybridized carbons (Fsp3) is 0.267. The van der Waals surface area contributed by atoms with Crippen LogP contribution in [0.1, 0.15) is 31.0 Å². The van der Waals surface area contributed by atoms with Crippen LogP contribution in [0, 0.1) is 0 Å². The molecule has 0 amide bonds. The van der Waals surface area contributed by atoms with Gasteiger partial charge in [-0.3, -0.25) is 0 Å². The number of sulfonamides is 1. The second-order valence-electron chi connectivity index (χ2n) is 4.75. The van der Waals surface area contributed by atoms with E-state index < -0.39 is 10.0 Å². The zero-order valence-corrected chi connectivity index (χ0v) is 13.4. The van der Waals surface area contributed by atoms with Gasteiger partial charge in [0.15, 0.2) is 0 Å². The van der Waals surface area contributed by atoms with Crippen molar-refractivity contribution < 1.29 is 8.42 Å². The monoisotopic (exact) mass is 324 g/mol. The molecule has 0 spiro atoms. The van der Waals surface area contributed by atoms with Gasteiger partial charge < -0.3 is 0 Å². The molecule has 0 saturated heterocycles. The summed E-state index contributed by atoms with van der Waals surface area (Å²) in [6.07, 6.45) is 2.20. The lowest BCUT2D eigenvalue weighted by Crippen LogP contribution is -2.27. The number of halogens is 1. The summed E-state index contributed by atoms with van der Waals surface area (Å²) in [5.74, 6) is 0. The summed E-state index contributed by atoms with van der Waals surface area (Å²) >= 11 is 5.67. The maximum absolute atomic E-state index is 12.3. The van der Waals surface area contributed by atoms with E-state index in [9.17, 15) is 8.42 Å². The largest absolute Gasteiger partial charge is 0.243 e. The lowest BCUT2D eigenvalue weighted by molar-refractivity contribution is 0.566. The van der Waals surface area contributed by atoms with Crippen molar-refractivity contribution >= 4 is 21.6 Å². The van der Waals surface area contributed by atoms with Gasteiger partial charge in [-0.25, -0.2) is 18.1 Å². The molecule has 2 rings (SSSR count). The Labute approximate surface area is 130 Å². The van der Waals surface area contributed by atoms with Crippen molar-refractivity contribution in [1.82, 2.24) is 9.71 Å². The highest BCUT2D eigenvalue weighted by Crippen LogP contribution is 2.18. The fourth-order valence-electron chi connectivity index (χ4n) is 1.93. The van der Waals surface area contributed by atoms with Gasteiger partial charge in [0.2, 0.25) is 10.0 Å². The summed E-state index contributed by atoms with van der Waals surface area (Å²) in [4.78, 5) is 3.90. The molecule has 0 radical (unpaired) electrons. The molecule has 2 aromatic rings. The molecule has 1 N–H and O–H groups in total. The van der Waals surface area contributed by atoms with Crippen LogP contribution in [0.25, 0.3) is 0 Å². The number of nitrogens with one attached hydrogen (secondary N) is 1. The molecule has 1 aromatic heterocycles. The first-order valence-corrected chi connectivity index (χ1v) is 8.51. The van der Waals surface area contributed by atoms with Gasteiger partial charge >= 0.3 is 0 Å². The Morgan fingerprint density at radius 2 is 1.86 bits per heavy atom. The molecule has 0 fully saturated rings. The van der Waals surface area contributed by atoms with Crippen LogP contribution < -0.4 is 4.72 Å². The van der Waals surface area contributed by atoms with E-state index in [1.165, 1.54) is 23.9 Å². The van der Waals surface area contributed by atoms with E-state index in [2.05, 4.69) is 16.6 Å². The minimum absolute atomic E-state index is 0.101. The Balaban J connectivity index is 2.17. The molecule has 21 heavy (non-hydrogen) atoms. The van der Waals surface area contributed by atoms with Crippen LogP contribution in [0.2, 0.25) is 5.15 Å². The van der Waals surface area contributed by atoms with Crippen LogP contribution in [0.3, 0.4) is 0 Å². The van der Waals surface area contributed by atoms with E-state index in [0.717, 1.165) is 12.0 Å². The number of aromatic nitrogens is 1. The van der Waals surface area contributed by atoms with Crippen molar-refractivity contribution in [2.75, 3.05) is 0 Å². The summed E-state index contributed by atoms with van der Waals surface area (Å²) in [5, 5.41) is 0.261. The molecule has 0 saturated carbocycles. The predicted octanol–water partition coefficient (Wildman–Crippen LogP) is 3.34. The number of pyridine rings is 1. The summed E-state index contributed by atoms with van der Waals surface area (Å²) < 4.78 is 27.1. The first kappa shape index (κ1) is 15.9. The normalized spacial score (nSPS) is 13.1. The Morgan fingerprint density at radius 3 is 2.38 bits per heavy atom. The Hall–Kier alpha value is -1.43. The Bertz CT molecular complexity index is 697. The number of hydrogen-bond donors (Lipinski definition) is 1. The van der Waals surface area contributed by atoms with E-state index in [4.69, 9.17) is 11.6 Å². The predicted molar refractivity (Wildman–Crippen MR) is 83.8 cm³/mol. The molecule has 1 unspecified atom stereocenters. The molecule has 4 nitrogen and oxygen atoms in total. The van der Waals surface area contributed by atoms with Crippen molar-refractivity contribution in [2.45, 2.75) is 31.2 Å². The van der Waals surface area contributed by atoms with Crippen LogP contribution >= 0.6 is 11.6 Å². The van der Waals surface area contributed by atoms with Crippen LogP contribution in [0.15, 0.2) is 47.5 Å². The molecule has 1 aromatic carbocycles. The molecule has 6 heteroatoms. The topological polar surface area (TPSA) is 59.1 Å². The van der Waals surface area contributed by atoms with E-state index in [0.29, 0.717) is 0 Å². The average Bonchev–Trinajstić information content (AvgIpc) is 2.47. The van der Waals surface area contributed by atoms with E-state index >= 15 is 0 Å². The van der Waals surface area contributed by atoms with Gasteiger partial charge in [0.25, 0.3) is 0 Å². The molecule has 1 heterocycles. The molecule has 1 atom stereocenters. The van der Waals surface area contributed by atoms with E-state index in [1.54, 1.807) is 0 Å². The SMILES string of the molecule is CCc1ccc(C(C)NS(=O)(=O)c2ccc(Cl)nc2)cc1.